The van der Waals surface area contributed by atoms with Crippen molar-refractivity contribution in [3.63, 3.8) is 0 Å². The van der Waals surface area contributed by atoms with Crippen molar-refractivity contribution in [3.8, 4) is 5.75 Å². The van der Waals surface area contributed by atoms with Crippen molar-refractivity contribution in [1.29, 1.82) is 0 Å². The molecule has 3 aromatic carbocycles. The van der Waals surface area contributed by atoms with Crippen LogP contribution in [0.25, 0.3) is 0 Å². The summed E-state index contributed by atoms with van der Waals surface area (Å²) in [4.78, 5) is 2.39. The predicted octanol–water partition coefficient (Wildman–Crippen LogP) is 5.25. The number of hydrogen-bond acceptors (Lipinski definition) is 5. The van der Waals surface area contributed by atoms with E-state index in [9.17, 15) is 0 Å². The lowest BCUT2D eigenvalue weighted by Crippen LogP contribution is -2.25. The average Bonchev–Trinajstić information content (AvgIpc) is 3.31. The first kappa shape index (κ1) is 23.6. The minimum atomic E-state index is 0.527. The Bertz CT molecular complexity index is 1140. The van der Waals surface area contributed by atoms with Crippen LogP contribution in [0, 0.1) is 0 Å². The summed E-state index contributed by atoms with van der Waals surface area (Å²) in [6.45, 7) is 7.48. The molecular formula is C28H33N5O. The number of methoxy groups -OCH3 is 1. The minimum Gasteiger partial charge on any atom is -0.497 e. The van der Waals surface area contributed by atoms with Crippen molar-refractivity contribution in [2.24, 2.45) is 0 Å². The van der Waals surface area contributed by atoms with E-state index in [1.807, 2.05) is 22.9 Å². The molecule has 0 saturated heterocycles. The van der Waals surface area contributed by atoms with Gasteiger partial charge < -0.3 is 4.74 Å². The number of rotatable bonds is 11. The maximum Gasteiger partial charge on any atom is 0.165 e. The second kappa shape index (κ2) is 11.6. The summed E-state index contributed by atoms with van der Waals surface area (Å²) in [6.07, 6.45) is 0.897. The Morgan fingerprint density at radius 3 is 2.06 bits per heavy atom. The minimum absolute atomic E-state index is 0.527. The third-order valence-corrected chi connectivity index (χ3v) is 6.04. The van der Waals surface area contributed by atoms with Crippen LogP contribution in [0.3, 0.4) is 0 Å². The normalized spacial score (nSPS) is 11.3. The number of tetrazole rings is 1. The first-order chi connectivity index (χ1) is 16.6. The Morgan fingerprint density at radius 2 is 1.44 bits per heavy atom. The fourth-order valence-corrected chi connectivity index (χ4v) is 4.01. The molecule has 0 aliphatic carbocycles. The lowest BCUT2D eigenvalue weighted by molar-refractivity contribution is 0.236. The van der Waals surface area contributed by atoms with Gasteiger partial charge in [0.15, 0.2) is 5.82 Å². The zero-order valence-corrected chi connectivity index (χ0v) is 20.3. The fraction of sp³-hybridized carbons (Fsp3) is 0.321. The molecule has 4 aromatic rings. The van der Waals surface area contributed by atoms with Crippen LogP contribution < -0.4 is 4.74 Å². The van der Waals surface area contributed by atoms with E-state index in [0.29, 0.717) is 12.5 Å². The van der Waals surface area contributed by atoms with Crippen molar-refractivity contribution in [2.45, 2.75) is 52.4 Å². The molecule has 0 atom stereocenters. The van der Waals surface area contributed by atoms with Crippen LogP contribution in [0.2, 0.25) is 0 Å². The Balaban J connectivity index is 1.50. The molecular weight excluding hydrogens is 422 g/mol. The highest BCUT2D eigenvalue weighted by molar-refractivity contribution is 5.28. The SMILES string of the molecule is COc1ccc(CN(Cc2ccc(C(C)C)cc2)Cc2nnnn2CCc2ccccc2)cc1. The molecule has 34 heavy (non-hydrogen) atoms. The molecule has 0 fully saturated rings. The smallest absolute Gasteiger partial charge is 0.165 e. The molecule has 4 rings (SSSR count). The van der Waals surface area contributed by atoms with Crippen molar-refractivity contribution >= 4 is 0 Å². The third kappa shape index (κ3) is 6.51. The number of ether oxygens (including phenoxy) is 1. The summed E-state index contributed by atoms with van der Waals surface area (Å²) < 4.78 is 7.25. The molecule has 0 unspecified atom stereocenters. The van der Waals surface area contributed by atoms with Gasteiger partial charge in [-0.25, -0.2) is 4.68 Å². The van der Waals surface area contributed by atoms with Gasteiger partial charge in [-0.2, -0.15) is 0 Å². The summed E-state index contributed by atoms with van der Waals surface area (Å²) in [6, 6.07) is 27.6. The number of benzene rings is 3. The van der Waals surface area contributed by atoms with Gasteiger partial charge in [-0.05, 0) is 57.2 Å². The highest BCUT2D eigenvalue weighted by Gasteiger charge is 2.14. The monoisotopic (exact) mass is 455 g/mol. The van der Waals surface area contributed by atoms with E-state index in [1.165, 1.54) is 22.3 Å². The van der Waals surface area contributed by atoms with Crippen LogP contribution in [0.4, 0.5) is 0 Å². The molecule has 6 heteroatoms. The molecule has 0 spiro atoms. The van der Waals surface area contributed by atoms with Gasteiger partial charge in [0, 0.05) is 19.6 Å². The van der Waals surface area contributed by atoms with E-state index in [0.717, 1.165) is 37.6 Å². The molecule has 1 aromatic heterocycles. The lowest BCUT2D eigenvalue weighted by atomic mass is 10.0. The van der Waals surface area contributed by atoms with Gasteiger partial charge in [0.25, 0.3) is 0 Å². The molecule has 176 valence electrons. The zero-order valence-electron chi connectivity index (χ0n) is 20.3. The summed E-state index contributed by atoms with van der Waals surface area (Å²) in [5, 5.41) is 12.6. The van der Waals surface area contributed by atoms with Crippen molar-refractivity contribution in [1.82, 2.24) is 25.1 Å². The summed E-state index contributed by atoms with van der Waals surface area (Å²) in [5.41, 5.74) is 5.14. The molecule has 1 heterocycles. The fourth-order valence-electron chi connectivity index (χ4n) is 4.01. The van der Waals surface area contributed by atoms with Gasteiger partial charge in [0.2, 0.25) is 0 Å². The van der Waals surface area contributed by atoms with Crippen molar-refractivity contribution in [3.05, 3.63) is 107 Å². The van der Waals surface area contributed by atoms with Crippen LogP contribution in [0.1, 0.15) is 47.8 Å². The first-order valence-corrected chi connectivity index (χ1v) is 11.8. The number of aryl methyl sites for hydroxylation is 2. The third-order valence-electron chi connectivity index (χ3n) is 6.04. The number of nitrogens with zero attached hydrogens (tertiary/aromatic N) is 5. The van der Waals surface area contributed by atoms with Crippen molar-refractivity contribution in [2.75, 3.05) is 7.11 Å². The summed E-state index contributed by atoms with van der Waals surface area (Å²) >= 11 is 0. The van der Waals surface area contributed by atoms with E-state index in [4.69, 9.17) is 4.74 Å². The molecule has 0 saturated carbocycles. The zero-order chi connectivity index (χ0) is 23.8. The molecule has 0 aliphatic heterocycles. The van der Waals surface area contributed by atoms with E-state index >= 15 is 0 Å². The second-order valence-electron chi connectivity index (χ2n) is 8.94. The van der Waals surface area contributed by atoms with Gasteiger partial charge in [0.05, 0.1) is 13.7 Å². The topological polar surface area (TPSA) is 56.1 Å². The van der Waals surface area contributed by atoms with Gasteiger partial charge in [-0.3, -0.25) is 4.90 Å². The molecule has 0 amide bonds. The highest BCUT2D eigenvalue weighted by atomic mass is 16.5. The maximum absolute atomic E-state index is 5.32. The molecule has 0 aliphatic rings. The van der Waals surface area contributed by atoms with Crippen LogP contribution in [0.5, 0.6) is 5.75 Å². The predicted molar refractivity (Wildman–Crippen MR) is 134 cm³/mol. The first-order valence-electron chi connectivity index (χ1n) is 11.8. The Morgan fingerprint density at radius 1 is 0.794 bits per heavy atom. The van der Waals surface area contributed by atoms with Gasteiger partial charge in [0.1, 0.15) is 5.75 Å². The largest absolute Gasteiger partial charge is 0.497 e. The van der Waals surface area contributed by atoms with Gasteiger partial charge >= 0.3 is 0 Å². The number of hydrogen-bond donors (Lipinski definition) is 0. The van der Waals surface area contributed by atoms with Crippen LogP contribution >= 0.6 is 0 Å². The molecule has 0 radical (unpaired) electrons. The van der Waals surface area contributed by atoms with E-state index in [2.05, 4.69) is 94.9 Å². The van der Waals surface area contributed by atoms with Crippen LogP contribution in [-0.4, -0.2) is 32.2 Å². The van der Waals surface area contributed by atoms with Gasteiger partial charge in [-0.1, -0.05) is 80.6 Å². The molecule has 0 bridgehead atoms. The Labute approximate surface area is 202 Å². The van der Waals surface area contributed by atoms with E-state index in [-0.39, 0.29) is 0 Å². The number of aromatic nitrogens is 4. The summed E-state index contributed by atoms with van der Waals surface area (Å²) in [5.74, 6) is 2.27. The molecule has 6 nitrogen and oxygen atoms in total. The maximum atomic E-state index is 5.32. The Hall–Kier alpha value is -3.51. The standard InChI is InChI=1S/C28H33N5O/c1-22(2)26-13-9-24(10-14-26)19-32(20-25-11-15-27(34-3)16-12-25)21-28-29-30-31-33(28)18-17-23-7-5-4-6-8-23/h4-16,22H,17-21H2,1-3H3. The molecule has 0 N–H and O–H groups in total. The average molecular weight is 456 g/mol. The quantitative estimate of drug-likeness (QED) is 0.309. The lowest BCUT2D eigenvalue weighted by Gasteiger charge is -2.22. The van der Waals surface area contributed by atoms with Crippen LogP contribution in [-0.2, 0) is 32.6 Å². The Kier molecular flexibility index (Phi) is 8.04. The second-order valence-corrected chi connectivity index (χ2v) is 8.94. The highest BCUT2D eigenvalue weighted by Crippen LogP contribution is 2.19. The van der Waals surface area contributed by atoms with Crippen molar-refractivity contribution < 1.29 is 4.74 Å². The van der Waals surface area contributed by atoms with E-state index < -0.39 is 0 Å². The summed E-state index contributed by atoms with van der Waals surface area (Å²) in [7, 11) is 1.69. The van der Waals surface area contributed by atoms with Crippen LogP contribution in [0.15, 0.2) is 78.9 Å². The van der Waals surface area contributed by atoms with E-state index in [1.54, 1.807) is 7.11 Å². The van der Waals surface area contributed by atoms with Gasteiger partial charge in [-0.15, -0.1) is 5.10 Å².